The first-order chi connectivity index (χ1) is 10.4. The van der Waals surface area contributed by atoms with Crippen molar-refractivity contribution in [3.63, 3.8) is 0 Å². The number of ether oxygens (including phenoxy) is 1. The molecule has 0 atom stereocenters. The summed E-state index contributed by atoms with van der Waals surface area (Å²) < 4.78 is 5.14. The Morgan fingerprint density at radius 1 is 1.32 bits per heavy atom. The summed E-state index contributed by atoms with van der Waals surface area (Å²) in [6.45, 7) is 3.44. The molecular formula is C17H20N2O3. The van der Waals surface area contributed by atoms with Crippen LogP contribution in [0.1, 0.15) is 20.3 Å². The number of carbonyl (C=O) groups is 2. The summed E-state index contributed by atoms with van der Waals surface area (Å²) in [5.74, 6) is 0.280. The molecule has 0 fully saturated rings. The molecule has 5 nitrogen and oxygen atoms in total. The zero-order chi connectivity index (χ0) is 16.2. The van der Waals surface area contributed by atoms with Crippen molar-refractivity contribution in [1.29, 1.82) is 0 Å². The molecule has 22 heavy (non-hydrogen) atoms. The van der Waals surface area contributed by atoms with Gasteiger partial charge in [0.05, 0.1) is 7.11 Å². The van der Waals surface area contributed by atoms with Crippen LogP contribution in [0.4, 0.5) is 5.69 Å². The lowest BCUT2D eigenvalue weighted by atomic mass is 10.0. The number of anilines is 1. The number of hydrogen-bond acceptors (Lipinski definition) is 3. The van der Waals surface area contributed by atoms with Crippen LogP contribution in [0.15, 0.2) is 48.7 Å². The van der Waals surface area contributed by atoms with Crippen LogP contribution in [0.3, 0.4) is 0 Å². The molecule has 0 saturated heterocycles. The zero-order valence-electron chi connectivity index (χ0n) is 13.0. The summed E-state index contributed by atoms with van der Waals surface area (Å²) in [6.07, 6.45) is 7.24. The zero-order valence-corrected chi connectivity index (χ0v) is 13.0. The van der Waals surface area contributed by atoms with E-state index >= 15 is 0 Å². The maximum Gasteiger partial charge on any atom is 0.250 e. The molecule has 2 amide bonds. The normalized spacial score (nSPS) is 14.7. The van der Waals surface area contributed by atoms with Crippen LogP contribution in [-0.4, -0.2) is 29.4 Å². The third-order valence-electron chi connectivity index (χ3n) is 3.53. The van der Waals surface area contributed by atoms with E-state index < -0.39 is 5.54 Å². The fourth-order valence-corrected chi connectivity index (χ4v) is 2.16. The fraction of sp³-hybridized carbons (Fsp3) is 0.294. The van der Waals surface area contributed by atoms with Gasteiger partial charge in [0, 0.05) is 24.4 Å². The Kier molecular flexibility index (Phi) is 4.65. The molecule has 116 valence electrons. The first-order valence-electron chi connectivity index (χ1n) is 7.06. The second-order valence-electron chi connectivity index (χ2n) is 5.48. The lowest BCUT2D eigenvalue weighted by Gasteiger charge is -2.34. The number of nitrogens with one attached hydrogen (secondary N) is 1. The molecule has 0 radical (unpaired) electrons. The van der Waals surface area contributed by atoms with Gasteiger partial charge < -0.3 is 15.0 Å². The lowest BCUT2D eigenvalue weighted by Crippen LogP contribution is -2.52. The van der Waals surface area contributed by atoms with E-state index in [1.54, 1.807) is 69.7 Å². The number of rotatable bonds is 4. The summed E-state index contributed by atoms with van der Waals surface area (Å²) in [4.78, 5) is 26.2. The van der Waals surface area contributed by atoms with E-state index in [1.807, 2.05) is 0 Å². The van der Waals surface area contributed by atoms with E-state index in [0.29, 0.717) is 11.4 Å². The van der Waals surface area contributed by atoms with E-state index in [-0.39, 0.29) is 18.2 Å². The third-order valence-corrected chi connectivity index (χ3v) is 3.53. The van der Waals surface area contributed by atoms with Crippen molar-refractivity contribution >= 4 is 17.5 Å². The Hall–Kier alpha value is -2.56. The Labute approximate surface area is 130 Å². The molecule has 1 aromatic carbocycles. The number of carbonyl (C=O) groups excluding carboxylic acids is 2. The van der Waals surface area contributed by atoms with E-state index in [9.17, 15) is 9.59 Å². The molecule has 1 aromatic rings. The Morgan fingerprint density at radius 2 is 2.09 bits per heavy atom. The summed E-state index contributed by atoms with van der Waals surface area (Å²) >= 11 is 0. The van der Waals surface area contributed by atoms with Crippen molar-refractivity contribution in [2.24, 2.45) is 0 Å². The van der Waals surface area contributed by atoms with Gasteiger partial charge in [-0.05, 0) is 32.1 Å². The molecule has 1 aliphatic rings. The van der Waals surface area contributed by atoms with Gasteiger partial charge >= 0.3 is 0 Å². The van der Waals surface area contributed by atoms with Crippen LogP contribution in [0.5, 0.6) is 5.75 Å². The average molecular weight is 300 g/mol. The minimum atomic E-state index is -0.997. The highest BCUT2D eigenvalue weighted by Gasteiger charge is 2.36. The van der Waals surface area contributed by atoms with E-state index in [0.717, 1.165) is 0 Å². The topological polar surface area (TPSA) is 58.6 Å². The van der Waals surface area contributed by atoms with Crippen LogP contribution < -0.4 is 10.1 Å². The molecule has 1 heterocycles. The third kappa shape index (κ3) is 3.36. The summed E-state index contributed by atoms with van der Waals surface area (Å²) in [5, 5.41) is 2.83. The predicted octanol–water partition coefficient (Wildman–Crippen LogP) is 2.71. The quantitative estimate of drug-likeness (QED) is 0.930. The van der Waals surface area contributed by atoms with Crippen molar-refractivity contribution in [3.05, 3.63) is 48.7 Å². The molecule has 0 spiro atoms. The standard InChI is InChI=1S/C17H20N2O3/c1-17(2,19-11-6-4-5-10-15(19)20)16(21)18-13-8-7-9-14(12-13)22-3/h4-9,11-12H,10H2,1-3H3,(H,18,21). The molecule has 0 saturated carbocycles. The molecule has 0 unspecified atom stereocenters. The van der Waals surface area contributed by atoms with E-state index in [4.69, 9.17) is 4.74 Å². The summed E-state index contributed by atoms with van der Waals surface area (Å²) in [7, 11) is 1.57. The maximum absolute atomic E-state index is 12.6. The summed E-state index contributed by atoms with van der Waals surface area (Å²) in [6, 6.07) is 7.10. The number of benzene rings is 1. The van der Waals surface area contributed by atoms with Crippen molar-refractivity contribution in [1.82, 2.24) is 4.90 Å². The Balaban J connectivity index is 2.17. The number of hydrogen-bond donors (Lipinski definition) is 1. The average Bonchev–Trinajstić information content (AvgIpc) is 2.72. The van der Waals surface area contributed by atoms with Gasteiger partial charge in [-0.15, -0.1) is 0 Å². The number of amides is 2. The smallest absolute Gasteiger partial charge is 0.250 e. The minimum Gasteiger partial charge on any atom is -0.497 e. The minimum absolute atomic E-state index is 0.115. The Morgan fingerprint density at radius 3 is 2.82 bits per heavy atom. The maximum atomic E-state index is 12.6. The van der Waals surface area contributed by atoms with Crippen molar-refractivity contribution in [2.75, 3.05) is 12.4 Å². The second-order valence-corrected chi connectivity index (χ2v) is 5.48. The predicted molar refractivity (Wildman–Crippen MR) is 85.4 cm³/mol. The van der Waals surface area contributed by atoms with Crippen LogP contribution in [0.2, 0.25) is 0 Å². The fourth-order valence-electron chi connectivity index (χ4n) is 2.16. The highest BCUT2D eigenvalue weighted by molar-refractivity contribution is 6.00. The molecule has 0 aliphatic carbocycles. The molecule has 1 aliphatic heterocycles. The lowest BCUT2D eigenvalue weighted by molar-refractivity contribution is -0.139. The van der Waals surface area contributed by atoms with E-state index in [1.165, 1.54) is 4.90 Å². The number of nitrogens with zero attached hydrogens (tertiary/aromatic N) is 1. The first-order valence-corrected chi connectivity index (χ1v) is 7.06. The van der Waals surface area contributed by atoms with Gasteiger partial charge in [0.1, 0.15) is 11.3 Å². The molecule has 2 rings (SSSR count). The number of methoxy groups -OCH3 is 1. The Bertz CT molecular complexity index is 633. The van der Waals surface area contributed by atoms with Gasteiger partial charge in [0.25, 0.3) is 0 Å². The van der Waals surface area contributed by atoms with Gasteiger partial charge in [0.2, 0.25) is 11.8 Å². The van der Waals surface area contributed by atoms with Gasteiger partial charge in [-0.2, -0.15) is 0 Å². The number of allylic oxidation sites excluding steroid dienone is 2. The highest BCUT2D eigenvalue weighted by atomic mass is 16.5. The van der Waals surface area contributed by atoms with Gasteiger partial charge in [-0.1, -0.05) is 18.2 Å². The molecule has 0 aromatic heterocycles. The SMILES string of the molecule is COc1cccc(NC(=O)C(C)(C)N2C=CC=CCC2=O)c1. The largest absolute Gasteiger partial charge is 0.497 e. The van der Waals surface area contributed by atoms with E-state index in [2.05, 4.69) is 5.32 Å². The van der Waals surface area contributed by atoms with Crippen molar-refractivity contribution in [3.8, 4) is 5.75 Å². The van der Waals surface area contributed by atoms with Crippen LogP contribution >= 0.6 is 0 Å². The molecule has 5 heteroatoms. The molecule has 0 bridgehead atoms. The monoisotopic (exact) mass is 300 g/mol. The second kappa shape index (κ2) is 6.47. The van der Waals surface area contributed by atoms with Gasteiger partial charge in [-0.25, -0.2) is 0 Å². The first kappa shape index (κ1) is 15.8. The summed E-state index contributed by atoms with van der Waals surface area (Å²) in [5.41, 5.74) is -0.371. The van der Waals surface area contributed by atoms with Crippen LogP contribution in [0.25, 0.3) is 0 Å². The van der Waals surface area contributed by atoms with Gasteiger partial charge in [-0.3, -0.25) is 9.59 Å². The van der Waals surface area contributed by atoms with Gasteiger partial charge in [0.15, 0.2) is 0 Å². The van der Waals surface area contributed by atoms with Crippen LogP contribution in [0, 0.1) is 0 Å². The van der Waals surface area contributed by atoms with Crippen molar-refractivity contribution in [2.45, 2.75) is 25.8 Å². The molecular weight excluding hydrogens is 280 g/mol. The highest BCUT2D eigenvalue weighted by Crippen LogP contribution is 2.22. The van der Waals surface area contributed by atoms with Crippen LogP contribution in [-0.2, 0) is 9.59 Å². The van der Waals surface area contributed by atoms with Crippen molar-refractivity contribution < 1.29 is 14.3 Å². The molecule has 1 N–H and O–H groups in total.